The Hall–Kier alpha value is -1.63. The van der Waals surface area contributed by atoms with Crippen LogP contribution in [-0.4, -0.2) is 22.9 Å². The molecule has 0 aromatic carbocycles. The van der Waals surface area contributed by atoms with Gasteiger partial charge in [-0.3, -0.25) is 19.6 Å². The van der Waals surface area contributed by atoms with Crippen LogP contribution in [0.5, 0.6) is 0 Å². The third-order valence-corrected chi connectivity index (χ3v) is 2.09. The molecule has 0 radical (unpaired) electrons. The second-order valence-electron chi connectivity index (χ2n) is 2.88. The number of hydrogen-bond acceptors (Lipinski definition) is 4. The van der Waals surface area contributed by atoms with E-state index < -0.39 is 29.6 Å². The minimum absolute atomic E-state index is 0.0162. The van der Waals surface area contributed by atoms with E-state index in [1.165, 1.54) is 12.4 Å². The Morgan fingerprint density at radius 2 is 1.86 bits per heavy atom. The Bertz CT molecular complexity index is 266. The van der Waals surface area contributed by atoms with Crippen molar-refractivity contribution in [3.63, 3.8) is 0 Å². The maximum absolute atomic E-state index is 11.2. The molecule has 7 nitrogen and oxygen atoms in total. The summed E-state index contributed by atoms with van der Waals surface area (Å²) >= 11 is 0. The fraction of sp³-hybridized carbons (Fsp3) is 0.571. The van der Waals surface area contributed by atoms with Gasteiger partial charge in [0, 0.05) is 6.42 Å². The number of rotatable bonds is 5. The second-order valence-corrected chi connectivity index (χ2v) is 2.88. The summed E-state index contributed by atoms with van der Waals surface area (Å²) in [4.78, 5) is 32.9. The number of hydroxylamine groups is 1. The predicted octanol–water partition coefficient (Wildman–Crippen LogP) is -1.75. The summed E-state index contributed by atoms with van der Waals surface area (Å²) in [6, 6.07) is 0. The normalized spacial score (nSPS) is 14.1. The van der Waals surface area contributed by atoms with Crippen LogP contribution >= 0.6 is 0 Å². The van der Waals surface area contributed by atoms with E-state index in [0.29, 0.717) is 0 Å². The van der Waals surface area contributed by atoms with Crippen molar-refractivity contribution >= 4 is 17.7 Å². The van der Waals surface area contributed by atoms with Gasteiger partial charge >= 0.3 is 0 Å². The molecule has 0 aliphatic heterocycles. The fourth-order valence-corrected chi connectivity index (χ4v) is 1.14. The highest BCUT2D eigenvalue weighted by Gasteiger charge is 2.44. The SMILES string of the molecule is CCC(CC(N)=O)(C(N)=O)C(=O)NO. The Morgan fingerprint density at radius 1 is 1.36 bits per heavy atom. The van der Waals surface area contributed by atoms with E-state index in [1.54, 1.807) is 0 Å². The first-order valence-electron chi connectivity index (χ1n) is 3.93. The number of nitrogens with two attached hydrogens (primary N) is 2. The first-order chi connectivity index (χ1) is 6.40. The van der Waals surface area contributed by atoms with Gasteiger partial charge in [-0.25, -0.2) is 5.48 Å². The molecule has 3 amide bonds. The fourth-order valence-electron chi connectivity index (χ4n) is 1.14. The maximum Gasteiger partial charge on any atom is 0.259 e. The molecule has 0 saturated carbocycles. The molecule has 0 fully saturated rings. The van der Waals surface area contributed by atoms with Crippen molar-refractivity contribution < 1.29 is 19.6 Å². The first kappa shape index (κ1) is 12.4. The summed E-state index contributed by atoms with van der Waals surface area (Å²) in [5.41, 5.74) is 9.40. The molecule has 0 aromatic heterocycles. The molecular formula is C7H13N3O4. The quantitative estimate of drug-likeness (QED) is 0.239. The third kappa shape index (κ3) is 2.19. The molecule has 1 atom stereocenters. The van der Waals surface area contributed by atoms with Gasteiger partial charge in [0.1, 0.15) is 5.41 Å². The average Bonchev–Trinajstić information content (AvgIpc) is 2.12. The maximum atomic E-state index is 11.2. The topological polar surface area (TPSA) is 136 Å². The standard InChI is InChI=1S/C7H13N3O4/c1-2-7(5(9)12,3-4(8)11)6(13)10-14/h14H,2-3H2,1H3,(H2,8,11)(H2,9,12)(H,10,13). The van der Waals surface area contributed by atoms with E-state index in [1.807, 2.05) is 0 Å². The van der Waals surface area contributed by atoms with Gasteiger partial charge in [0.05, 0.1) is 0 Å². The van der Waals surface area contributed by atoms with Gasteiger partial charge in [-0.2, -0.15) is 0 Å². The highest BCUT2D eigenvalue weighted by atomic mass is 16.5. The lowest BCUT2D eigenvalue weighted by molar-refractivity contribution is -0.151. The van der Waals surface area contributed by atoms with Gasteiger partial charge in [-0.1, -0.05) is 6.92 Å². The van der Waals surface area contributed by atoms with Crippen molar-refractivity contribution in [1.82, 2.24) is 5.48 Å². The second kappa shape index (κ2) is 4.56. The smallest absolute Gasteiger partial charge is 0.259 e. The minimum Gasteiger partial charge on any atom is -0.370 e. The summed E-state index contributed by atoms with van der Waals surface area (Å²) in [7, 11) is 0. The zero-order chi connectivity index (χ0) is 11.4. The predicted molar refractivity (Wildman–Crippen MR) is 45.7 cm³/mol. The number of primary amides is 2. The van der Waals surface area contributed by atoms with E-state index in [4.69, 9.17) is 16.7 Å². The average molecular weight is 203 g/mol. The van der Waals surface area contributed by atoms with Crippen molar-refractivity contribution in [2.45, 2.75) is 19.8 Å². The number of carbonyl (C=O) groups is 3. The molecule has 0 bridgehead atoms. The molecule has 0 heterocycles. The lowest BCUT2D eigenvalue weighted by atomic mass is 9.80. The summed E-state index contributed by atoms with van der Waals surface area (Å²) in [6.45, 7) is 1.49. The van der Waals surface area contributed by atoms with Crippen molar-refractivity contribution in [3.05, 3.63) is 0 Å². The van der Waals surface area contributed by atoms with Crippen LogP contribution in [0.3, 0.4) is 0 Å². The van der Waals surface area contributed by atoms with E-state index in [2.05, 4.69) is 0 Å². The molecular weight excluding hydrogens is 190 g/mol. The van der Waals surface area contributed by atoms with Crippen molar-refractivity contribution in [1.29, 1.82) is 0 Å². The Labute approximate surface area is 80.4 Å². The van der Waals surface area contributed by atoms with Crippen LogP contribution in [0.1, 0.15) is 19.8 Å². The lowest BCUT2D eigenvalue weighted by Crippen LogP contribution is -2.50. The van der Waals surface area contributed by atoms with Crippen LogP contribution in [0, 0.1) is 5.41 Å². The summed E-state index contributed by atoms with van der Waals surface area (Å²) in [5.74, 6) is -2.86. The van der Waals surface area contributed by atoms with Gasteiger partial charge < -0.3 is 11.5 Å². The minimum atomic E-state index is -1.76. The van der Waals surface area contributed by atoms with Crippen LogP contribution in [0.25, 0.3) is 0 Å². The Kier molecular flexibility index (Phi) is 4.03. The summed E-state index contributed by atoms with van der Waals surface area (Å²) in [6.07, 6.45) is -0.539. The molecule has 7 heteroatoms. The molecule has 80 valence electrons. The van der Waals surface area contributed by atoms with E-state index >= 15 is 0 Å². The first-order valence-corrected chi connectivity index (χ1v) is 3.93. The zero-order valence-corrected chi connectivity index (χ0v) is 7.74. The van der Waals surface area contributed by atoms with Crippen molar-refractivity contribution in [2.24, 2.45) is 16.9 Å². The van der Waals surface area contributed by atoms with E-state index in [-0.39, 0.29) is 6.42 Å². The van der Waals surface area contributed by atoms with Crippen LogP contribution in [0.15, 0.2) is 0 Å². The number of hydrogen-bond donors (Lipinski definition) is 4. The van der Waals surface area contributed by atoms with Gasteiger partial charge in [0.2, 0.25) is 11.8 Å². The lowest BCUT2D eigenvalue weighted by Gasteiger charge is -2.24. The van der Waals surface area contributed by atoms with Crippen LogP contribution in [0.4, 0.5) is 0 Å². The number of carbonyl (C=O) groups excluding carboxylic acids is 3. The molecule has 0 spiro atoms. The van der Waals surface area contributed by atoms with E-state index in [0.717, 1.165) is 0 Å². The molecule has 0 aromatic rings. The summed E-state index contributed by atoms with van der Waals surface area (Å²) < 4.78 is 0. The molecule has 1 unspecified atom stereocenters. The molecule has 0 rings (SSSR count). The highest BCUT2D eigenvalue weighted by molar-refractivity contribution is 6.06. The molecule has 6 N–H and O–H groups in total. The summed E-state index contributed by atoms with van der Waals surface area (Å²) in [5, 5.41) is 8.40. The largest absolute Gasteiger partial charge is 0.370 e. The Balaban J connectivity index is 5.08. The highest BCUT2D eigenvalue weighted by Crippen LogP contribution is 2.26. The monoisotopic (exact) mass is 203 g/mol. The van der Waals surface area contributed by atoms with Gasteiger partial charge in [0.25, 0.3) is 5.91 Å². The zero-order valence-electron chi connectivity index (χ0n) is 7.74. The molecule has 0 aliphatic carbocycles. The van der Waals surface area contributed by atoms with E-state index in [9.17, 15) is 14.4 Å². The third-order valence-electron chi connectivity index (χ3n) is 2.09. The molecule has 14 heavy (non-hydrogen) atoms. The van der Waals surface area contributed by atoms with Crippen molar-refractivity contribution in [3.8, 4) is 0 Å². The molecule has 0 aliphatic rings. The number of nitrogens with one attached hydrogen (secondary N) is 1. The van der Waals surface area contributed by atoms with Crippen LogP contribution in [0.2, 0.25) is 0 Å². The van der Waals surface area contributed by atoms with Crippen LogP contribution < -0.4 is 16.9 Å². The Morgan fingerprint density at radius 3 is 2.07 bits per heavy atom. The van der Waals surface area contributed by atoms with Gasteiger partial charge in [-0.05, 0) is 6.42 Å². The number of amides is 3. The van der Waals surface area contributed by atoms with Gasteiger partial charge in [-0.15, -0.1) is 0 Å². The van der Waals surface area contributed by atoms with Gasteiger partial charge in [0.15, 0.2) is 0 Å². The van der Waals surface area contributed by atoms with Crippen molar-refractivity contribution in [2.75, 3.05) is 0 Å². The molecule has 0 saturated heterocycles. The van der Waals surface area contributed by atoms with Crippen LogP contribution in [-0.2, 0) is 14.4 Å².